The van der Waals surface area contributed by atoms with E-state index in [0.717, 1.165) is 38.5 Å². The van der Waals surface area contributed by atoms with Crippen molar-refractivity contribution >= 4 is 12.2 Å². The summed E-state index contributed by atoms with van der Waals surface area (Å²) in [4.78, 5) is 15.1. The van der Waals surface area contributed by atoms with Gasteiger partial charge in [-0.2, -0.15) is 5.26 Å². The SMILES string of the molecule is CC(=O)O/N=C/C1CCCCC(C#N)CC1. The van der Waals surface area contributed by atoms with Gasteiger partial charge in [-0.15, -0.1) is 0 Å². The Morgan fingerprint density at radius 3 is 2.81 bits per heavy atom. The van der Waals surface area contributed by atoms with Crippen LogP contribution in [0.3, 0.4) is 0 Å². The lowest BCUT2D eigenvalue weighted by molar-refractivity contribution is -0.140. The van der Waals surface area contributed by atoms with E-state index in [2.05, 4.69) is 16.1 Å². The van der Waals surface area contributed by atoms with Crippen LogP contribution < -0.4 is 0 Å². The van der Waals surface area contributed by atoms with E-state index in [1.54, 1.807) is 6.21 Å². The highest BCUT2D eigenvalue weighted by Gasteiger charge is 2.15. The molecule has 0 aromatic carbocycles. The van der Waals surface area contributed by atoms with Gasteiger partial charge in [0, 0.05) is 19.1 Å². The third kappa shape index (κ3) is 4.92. The Hall–Kier alpha value is -1.37. The number of oxime groups is 1. The lowest BCUT2D eigenvalue weighted by Gasteiger charge is -2.18. The van der Waals surface area contributed by atoms with Crippen molar-refractivity contribution < 1.29 is 9.63 Å². The largest absolute Gasteiger partial charge is 0.331 e. The second-order valence-electron chi connectivity index (χ2n) is 4.29. The van der Waals surface area contributed by atoms with E-state index in [-0.39, 0.29) is 5.92 Å². The van der Waals surface area contributed by atoms with E-state index in [4.69, 9.17) is 5.26 Å². The summed E-state index contributed by atoms with van der Waals surface area (Å²) in [5.74, 6) is 0.137. The molecule has 0 aliphatic heterocycles. The number of carbonyl (C=O) groups is 1. The highest BCUT2D eigenvalue weighted by Crippen LogP contribution is 2.24. The average molecular weight is 222 g/mol. The van der Waals surface area contributed by atoms with Crippen molar-refractivity contribution in [3.05, 3.63) is 0 Å². The van der Waals surface area contributed by atoms with E-state index in [9.17, 15) is 4.79 Å². The minimum Gasteiger partial charge on any atom is -0.319 e. The first kappa shape index (κ1) is 12.7. The summed E-state index contributed by atoms with van der Waals surface area (Å²) in [5, 5.41) is 12.6. The summed E-state index contributed by atoms with van der Waals surface area (Å²) < 4.78 is 0. The maximum Gasteiger partial charge on any atom is 0.331 e. The van der Waals surface area contributed by atoms with Gasteiger partial charge in [0.15, 0.2) is 0 Å². The fraction of sp³-hybridized carbons (Fsp3) is 0.750. The molecule has 1 rings (SSSR count). The summed E-state index contributed by atoms with van der Waals surface area (Å²) in [7, 11) is 0. The fourth-order valence-corrected chi connectivity index (χ4v) is 1.97. The van der Waals surface area contributed by atoms with E-state index in [1.807, 2.05) is 0 Å². The van der Waals surface area contributed by atoms with Crippen LogP contribution in [0.25, 0.3) is 0 Å². The van der Waals surface area contributed by atoms with Crippen molar-refractivity contribution in [2.75, 3.05) is 0 Å². The fourth-order valence-electron chi connectivity index (χ4n) is 1.97. The molecule has 1 aliphatic rings. The summed E-state index contributed by atoms with van der Waals surface area (Å²) in [6.45, 7) is 1.33. The Balaban J connectivity index is 2.38. The molecule has 2 atom stereocenters. The van der Waals surface area contributed by atoms with Crippen LogP contribution >= 0.6 is 0 Å². The average Bonchev–Trinajstić information content (AvgIpc) is 2.21. The van der Waals surface area contributed by atoms with Gasteiger partial charge in [-0.3, -0.25) is 0 Å². The Kier molecular flexibility index (Phi) is 5.55. The molecule has 0 radical (unpaired) electrons. The van der Waals surface area contributed by atoms with Gasteiger partial charge in [0.2, 0.25) is 0 Å². The summed E-state index contributed by atoms with van der Waals surface area (Å²) in [5.41, 5.74) is 0. The zero-order valence-corrected chi connectivity index (χ0v) is 9.69. The van der Waals surface area contributed by atoms with Crippen LogP contribution in [-0.4, -0.2) is 12.2 Å². The Labute approximate surface area is 96.3 Å². The third-order valence-corrected chi connectivity index (χ3v) is 2.90. The molecule has 0 spiro atoms. The van der Waals surface area contributed by atoms with Crippen LogP contribution in [0.4, 0.5) is 0 Å². The number of hydrogen-bond donors (Lipinski definition) is 0. The van der Waals surface area contributed by atoms with Crippen LogP contribution in [0.5, 0.6) is 0 Å². The lowest BCUT2D eigenvalue weighted by atomic mass is 9.87. The van der Waals surface area contributed by atoms with Gasteiger partial charge in [-0.05, 0) is 31.6 Å². The molecule has 1 saturated carbocycles. The Morgan fingerprint density at radius 1 is 1.38 bits per heavy atom. The quantitative estimate of drug-likeness (QED) is 0.410. The molecule has 0 heterocycles. The molecule has 0 aromatic heterocycles. The first-order valence-corrected chi connectivity index (χ1v) is 5.83. The van der Waals surface area contributed by atoms with Crippen molar-refractivity contribution in [1.29, 1.82) is 5.26 Å². The number of nitriles is 1. The molecule has 1 aliphatic carbocycles. The number of nitrogens with zero attached hydrogens (tertiary/aromatic N) is 2. The minimum atomic E-state index is -0.392. The standard InChI is InChI=1S/C12H18N2O2/c1-10(15)16-14-9-12-5-3-2-4-11(8-13)6-7-12/h9,11-12H,2-7H2,1H3/b14-9+. The van der Waals surface area contributed by atoms with Crippen LogP contribution in [-0.2, 0) is 9.63 Å². The van der Waals surface area contributed by atoms with Crippen molar-refractivity contribution in [2.45, 2.75) is 45.4 Å². The molecule has 1 fully saturated rings. The number of carbonyl (C=O) groups excluding carboxylic acids is 1. The first-order valence-electron chi connectivity index (χ1n) is 5.83. The van der Waals surface area contributed by atoms with E-state index >= 15 is 0 Å². The zero-order chi connectivity index (χ0) is 11.8. The monoisotopic (exact) mass is 222 g/mol. The van der Waals surface area contributed by atoms with Crippen LogP contribution in [0.15, 0.2) is 5.16 Å². The third-order valence-electron chi connectivity index (χ3n) is 2.90. The molecule has 0 aromatic rings. The van der Waals surface area contributed by atoms with Gasteiger partial charge in [-0.1, -0.05) is 18.0 Å². The molecular weight excluding hydrogens is 204 g/mol. The molecule has 2 unspecified atom stereocenters. The highest BCUT2D eigenvalue weighted by molar-refractivity contribution is 5.67. The van der Waals surface area contributed by atoms with Gasteiger partial charge >= 0.3 is 5.97 Å². The summed E-state index contributed by atoms with van der Waals surface area (Å²) in [6.07, 6.45) is 7.91. The van der Waals surface area contributed by atoms with Crippen molar-refractivity contribution in [3.63, 3.8) is 0 Å². The molecule has 0 bridgehead atoms. The molecule has 0 amide bonds. The van der Waals surface area contributed by atoms with E-state index < -0.39 is 5.97 Å². The van der Waals surface area contributed by atoms with E-state index in [0.29, 0.717) is 5.92 Å². The number of hydrogen-bond acceptors (Lipinski definition) is 4. The van der Waals surface area contributed by atoms with Crippen molar-refractivity contribution in [2.24, 2.45) is 17.0 Å². The van der Waals surface area contributed by atoms with Gasteiger partial charge in [0.25, 0.3) is 0 Å². The Bertz CT molecular complexity index is 294. The topological polar surface area (TPSA) is 62.4 Å². The molecule has 16 heavy (non-hydrogen) atoms. The first-order chi connectivity index (χ1) is 7.72. The van der Waals surface area contributed by atoms with Crippen molar-refractivity contribution in [1.82, 2.24) is 0 Å². The zero-order valence-electron chi connectivity index (χ0n) is 9.69. The predicted octanol–water partition coefficient (Wildman–Crippen LogP) is 2.65. The van der Waals surface area contributed by atoms with Crippen LogP contribution in [0, 0.1) is 23.2 Å². The predicted molar refractivity (Wildman–Crippen MR) is 60.6 cm³/mol. The van der Waals surface area contributed by atoms with Gasteiger partial charge in [0.05, 0.1) is 6.07 Å². The van der Waals surface area contributed by atoms with Crippen LogP contribution in [0.1, 0.15) is 45.4 Å². The minimum absolute atomic E-state index is 0.185. The second-order valence-corrected chi connectivity index (χ2v) is 4.29. The maximum atomic E-state index is 10.5. The van der Waals surface area contributed by atoms with Crippen LogP contribution in [0.2, 0.25) is 0 Å². The molecule has 4 nitrogen and oxygen atoms in total. The molecular formula is C12H18N2O2. The maximum absolute atomic E-state index is 10.5. The molecule has 4 heteroatoms. The smallest absolute Gasteiger partial charge is 0.319 e. The Morgan fingerprint density at radius 2 is 2.12 bits per heavy atom. The molecule has 0 saturated heterocycles. The van der Waals surface area contributed by atoms with Gasteiger partial charge < -0.3 is 4.84 Å². The molecule has 0 N–H and O–H groups in total. The van der Waals surface area contributed by atoms with E-state index in [1.165, 1.54) is 6.92 Å². The normalized spacial score (nSPS) is 26.8. The summed E-state index contributed by atoms with van der Waals surface area (Å²) in [6, 6.07) is 2.34. The highest BCUT2D eigenvalue weighted by atomic mass is 16.7. The summed E-state index contributed by atoms with van der Waals surface area (Å²) >= 11 is 0. The van der Waals surface area contributed by atoms with Gasteiger partial charge in [-0.25, -0.2) is 4.79 Å². The second kappa shape index (κ2) is 7.00. The lowest BCUT2D eigenvalue weighted by Crippen LogP contribution is -2.10. The van der Waals surface area contributed by atoms with Crippen molar-refractivity contribution in [3.8, 4) is 6.07 Å². The van der Waals surface area contributed by atoms with Gasteiger partial charge in [0.1, 0.15) is 0 Å². The number of rotatable bonds is 2. The molecule has 88 valence electrons.